The van der Waals surface area contributed by atoms with Gasteiger partial charge in [0.05, 0.1) is 6.10 Å². The van der Waals surface area contributed by atoms with Gasteiger partial charge >= 0.3 is 0 Å². The van der Waals surface area contributed by atoms with Crippen molar-refractivity contribution in [1.82, 2.24) is 5.32 Å². The Bertz CT molecular complexity index is 160. The summed E-state index contributed by atoms with van der Waals surface area (Å²) in [5, 5.41) is 3.68. The molecule has 0 saturated heterocycles. The number of hydrogen-bond acceptors (Lipinski definition) is 2. The molecule has 0 spiro atoms. The van der Waals surface area contributed by atoms with Gasteiger partial charge in [0.1, 0.15) is 0 Å². The molecular weight excluding hydrogens is 150 g/mol. The highest BCUT2D eigenvalue weighted by molar-refractivity contribution is 4.95. The summed E-state index contributed by atoms with van der Waals surface area (Å²) in [6, 6.07) is 1.44. The molecule has 0 bridgehead atoms. The maximum Gasteiger partial charge on any atom is 0.0724 e. The average molecular weight is 169 g/mol. The first-order valence-electron chi connectivity index (χ1n) is 5.10. The third kappa shape index (κ3) is 1.64. The highest BCUT2D eigenvalue weighted by Crippen LogP contribution is 2.32. The van der Waals surface area contributed by atoms with E-state index in [0.717, 1.165) is 12.0 Å². The zero-order chi connectivity index (χ0) is 8.55. The molecular formula is C10H19NO. The Balaban J connectivity index is 1.78. The van der Waals surface area contributed by atoms with Crippen molar-refractivity contribution in [3.8, 4) is 0 Å². The van der Waals surface area contributed by atoms with E-state index < -0.39 is 0 Å². The van der Waals surface area contributed by atoms with E-state index in [1.165, 1.54) is 25.7 Å². The van der Waals surface area contributed by atoms with Crippen molar-refractivity contribution in [3.63, 3.8) is 0 Å². The average Bonchev–Trinajstić information content (AvgIpc) is 2.62. The van der Waals surface area contributed by atoms with E-state index in [4.69, 9.17) is 4.74 Å². The van der Waals surface area contributed by atoms with Crippen LogP contribution in [0, 0.1) is 5.92 Å². The van der Waals surface area contributed by atoms with Crippen LogP contribution in [0.15, 0.2) is 0 Å². The summed E-state index contributed by atoms with van der Waals surface area (Å²) in [6.07, 6.45) is 5.74. The van der Waals surface area contributed by atoms with Gasteiger partial charge in [0.25, 0.3) is 0 Å². The third-order valence-electron chi connectivity index (χ3n) is 3.29. The predicted octanol–water partition coefficient (Wildman–Crippen LogP) is 1.55. The molecule has 0 heterocycles. The lowest BCUT2D eigenvalue weighted by atomic mass is 10.2. The first kappa shape index (κ1) is 8.52. The van der Waals surface area contributed by atoms with Crippen LogP contribution in [0.3, 0.4) is 0 Å². The van der Waals surface area contributed by atoms with Crippen LogP contribution in [-0.2, 0) is 4.74 Å². The van der Waals surface area contributed by atoms with Crippen molar-refractivity contribution >= 4 is 0 Å². The minimum atomic E-state index is 0.484. The van der Waals surface area contributed by atoms with Gasteiger partial charge in [0.2, 0.25) is 0 Å². The molecule has 4 atom stereocenters. The van der Waals surface area contributed by atoms with Gasteiger partial charge < -0.3 is 10.1 Å². The van der Waals surface area contributed by atoms with Gasteiger partial charge in [-0.1, -0.05) is 6.92 Å². The van der Waals surface area contributed by atoms with Crippen molar-refractivity contribution in [3.05, 3.63) is 0 Å². The first-order valence-corrected chi connectivity index (χ1v) is 5.10. The van der Waals surface area contributed by atoms with Crippen LogP contribution in [0.2, 0.25) is 0 Å². The van der Waals surface area contributed by atoms with E-state index in [0.29, 0.717) is 12.1 Å². The summed E-state index contributed by atoms with van der Waals surface area (Å²) in [5.41, 5.74) is 0. The molecule has 0 radical (unpaired) electrons. The minimum absolute atomic E-state index is 0.484. The molecule has 2 rings (SSSR count). The summed E-state index contributed by atoms with van der Waals surface area (Å²) >= 11 is 0. The molecule has 12 heavy (non-hydrogen) atoms. The first-order chi connectivity index (χ1) is 5.81. The molecule has 0 amide bonds. The lowest BCUT2D eigenvalue weighted by Gasteiger charge is -2.19. The van der Waals surface area contributed by atoms with Crippen LogP contribution >= 0.6 is 0 Å². The quantitative estimate of drug-likeness (QED) is 0.692. The van der Waals surface area contributed by atoms with E-state index in [1.54, 1.807) is 0 Å². The van der Waals surface area contributed by atoms with Gasteiger partial charge in [0.15, 0.2) is 0 Å². The van der Waals surface area contributed by atoms with Crippen molar-refractivity contribution in [2.45, 2.75) is 50.8 Å². The molecule has 2 aliphatic rings. The highest BCUT2D eigenvalue weighted by atomic mass is 16.5. The Labute approximate surface area is 74.7 Å². The van der Waals surface area contributed by atoms with Gasteiger partial charge in [0, 0.05) is 19.2 Å². The second-order valence-electron chi connectivity index (χ2n) is 4.30. The van der Waals surface area contributed by atoms with E-state index in [-0.39, 0.29) is 0 Å². The van der Waals surface area contributed by atoms with E-state index >= 15 is 0 Å². The fourth-order valence-electron chi connectivity index (χ4n) is 2.23. The Kier molecular flexibility index (Phi) is 2.37. The second-order valence-corrected chi connectivity index (χ2v) is 4.30. The molecule has 2 nitrogen and oxygen atoms in total. The Morgan fingerprint density at radius 1 is 1.25 bits per heavy atom. The number of methoxy groups -OCH3 is 1. The van der Waals surface area contributed by atoms with E-state index in [9.17, 15) is 0 Å². The smallest absolute Gasteiger partial charge is 0.0724 e. The maximum atomic E-state index is 5.43. The summed E-state index contributed by atoms with van der Waals surface area (Å²) in [5.74, 6) is 0.906. The molecule has 0 aromatic carbocycles. The highest BCUT2D eigenvalue weighted by Gasteiger charge is 2.37. The van der Waals surface area contributed by atoms with Crippen molar-refractivity contribution in [2.75, 3.05) is 7.11 Å². The SMILES string of the molecule is COC1CCCC1NC1CC1C. The number of nitrogens with one attached hydrogen (secondary N) is 1. The summed E-state index contributed by atoms with van der Waals surface area (Å²) in [4.78, 5) is 0. The maximum absolute atomic E-state index is 5.43. The van der Waals surface area contributed by atoms with Gasteiger partial charge in [-0.3, -0.25) is 0 Å². The molecule has 1 N–H and O–H groups in total. The largest absolute Gasteiger partial charge is 0.380 e. The number of rotatable bonds is 3. The fourth-order valence-corrected chi connectivity index (χ4v) is 2.23. The molecule has 2 saturated carbocycles. The molecule has 4 unspecified atom stereocenters. The van der Waals surface area contributed by atoms with Gasteiger partial charge in [-0.2, -0.15) is 0 Å². The van der Waals surface area contributed by atoms with Crippen LogP contribution in [0.25, 0.3) is 0 Å². The summed E-state index contributed by atoms with van der Waals surface area (Å²) in [6.45, 7) is 2.31. The van der Waals surface area contributed by atoms with Crippen LogP contribution < -0.4 is 5.32 Å². The third-order valence-corrected chi connectivity index (χ3v) is 3.29. The molecule has 70 valence electrons. The Morgan fingerprint density at radius 2 is 2.00 bits per heavy atom. The van der Waals surface area contributed by atoms with Crippen LogP contribution in [0.1, 0.15) is 32.6 Å². The van der Waals surface area contributed by atoms with Gasteiger partial charge in [-0.15, -0.1) is 0 Å². The van der Waals surface area contributed by atoms with Crippen LogP contribution in [0.4, 0.5) is 0 Å². The molecule has 0 aliphatic heterocycles. The minimum Gasteiger partial charge on any atom is -0.380 e. The van der Waals surface area contributed by atoms with Crippen LogP contribution in [-0.4, -0.2) is 25.3 Å². The molecule has 0 aromatic rings. The standard InChI is InChI=1S/C10H19NO/c1-7-6-9(7)11-8-4-3-5-10(8)12-2/h7-11H,3-6H2,1-2H3. The monoisotopic (exact) mass is 169 g/mol. The van der Waals surface area contributed by atoms with Crippen molar-refractivity contribution in [2.24, 2.45) is 5.92 Å². The summed E-state index contributed by atoms with van der Waals surface area (Å²) < 4.78 is 5.43. The lowest BCUT2D eigenvalue weighted by molar-refractivity contribution is 0.0843. The van der Waals surface area contributed by atoms with Crippen LogP contribution in [0.5, 0.6) is 0 Å². The lowest BCUT2D eigenvalue weighted by Crippen LogP contribution is -2.38. The number of hydrogen-bond donors (Lipinski definition) is 1. The molecule has 2 heteroatoms. The Hall–Kier alpha value is -0.0800. The molecule has 2 aliphatic carbocycles. The predicted molar refractivity (Wildman–Crippen MR) is 49.1 cm³/mol. The second kappa shape index (κ2) is 3.35. The Morgan fingerprint density at radius 3 is 2.58 bits per heavy atom. The topological polar surface area (TPSA) is 21.3 Å². The van der Waals surface area contributed by atoms with Crippen molar-refractivity contribution in [1.29, 1.82) is 0 Å². The van der Waals surface area contributed by atoms with E-state index in [1.807, 2.05) is 7.11 Å². The van der Waals surface area contributed by atoms with Crippen molar-refractivity contribution < 1.29 is 4.74 Å². The van der Waals surface area contributed by atoms with E-state index in [2.05, 4.69) is 12.2 Å². The zero-order valence-corrected chi connectivity index (χ0v) is 8.05. The zero-order valence-electron chi connectivity index (χ0n) is 8.05. The van der Waals surface area contributed by atoms with Gasteiger partial charge in [-0.05, 0) is 31.6 Å². The molecule has 0 aromatic heterocycles. The summed E-state index contributed by atoms with van der Waals surface area (Å²) in [7, 11) is 1.83. The number of ether oxygens (including phenoxy) is 1. The fraction of sp³-hybridized carbons (Fsp3) is 1.00. The molecule has 2 fully saturated rings. The van der Waals surface area contributed by atoms with Gasteiger partial charge in [-0.25, -0.2) is 0 Å². The normalized spacial score (nSPS) is 46.5.